The number of nitro benzene ring substituents is 1. The lowest BCUT2D eigenvalue weighted by atomic mass is 9.98. The van der Waals surface area contributed by atoms with Gasteiger partial charge in [0.15, 0.2) is 0 Å². The first-order valence-electron chi connectivity index (χ1n) is 8.32. The molecule has 0 saturated carbocycles. The molecule has 0 aliphatic heterocycles. The molecule has 1 amide bonds. The molecule has 1 N–H and O–H groups in total. The maximum absolute atomic E-state index is 12.9. The molecule has 0 aromatic heterocycles. The van der Waals surface area contributed by atoms with Gasteiger partial charge < -0.3 is 5.32 Å². The number of rotatable bonds is 5. The molecule has 0 heterocycles. The first-order chi connectivity index (χ1) is 13.0. The van der Waals surface area contributed by atoms with Crippen LogP contribution in [-0.2, 0) is 0 Å². The van der Waals surface area contributed by atoms with Crippen LogP contribution in [0.15, 0.2) is 72.8 Å². The van der Waals surface area contributed by atoms with Crippen molar-refractivity contribution >= 4 is 23.2 Å². The van der Waals surface area contributed by atoms with E-state index >= 15 is 0 Å². The zero-order valence-corrected chi connectivity index (χ0v) is 15.3. The molecule has 0 bridgehead atoms. The van der Waals surface area contributed by atoms with E-state index in [1.54, 1.807) is 31.2 Å². The highest BCUT2D eigenvalue weighted by Gasteiger charge is 2.25. The Balaban J connectivity index is 2.00. The first kappa shape index (κ1) is 18.6. The number of nitro groups is 1. The van der Waals surface area contributed by atoms with Crippen LogP contribution < -0.4 is 5.32 Å². The highest BCUT2D eigenvalue weighted by molar-refractivity contribution is 6.30. The first-order valence-corrected chi connectivity index (χ1v) is 8.70. The second kappa shape index (κ2) is 8.01. The van der Waals surface area contributed by atoms with Crippen LogP contribution in [0, 0.1) is 17.0 Å². The van der Waals surface area contributed by atoms with Crippen molar-refractivity contribution in [3.8, 4) is 0 Å². The number of amides is 1. The van der Waals surface area contributed by atoms with Crippen LogP contribution in [-0.4, -0.2) is 10.8 Å². The van der Waals surface area contributed by atoms with Crippen molar-refractivity contribution in [2.24, 2.45) is 0 Å². The van der Waals surface area contributed by atoms with Crippen LogP contribution in [0.25, 0.3) is 0 Å². The van der Waals surface area contributed by atoms with E-state index in [9.17, 15) is 14.9 Å². The molecule has 0 radical (unpaired) electrons. The van der Waals surface area contributed by atoms with Crippen molar-refractivity contribution in [2.75, 3.05) is 0 Å². The second-order valence-electron chi connectivity index (χ2n) is 6.10. The van der Waals surface area contributed by atoms with E-state index in [2.05, 4.69) is 5.32 Å². The van der Waals surface area contributed by atoms with Gasteiger partial charge in [0.1, 0.15) is 5.56 Å². The van der Waals surface area contributed by atoms with Crippen molar-refractivity contribution in [3.63, 3.8) is 0 Å². The third-order valence-electron chi connectivity index (χ3n) is 4.28. The maximum atomic E-state index is 12.9. The van der Waals surface area contributed by atoms with Crippen LogP contribution in [0.1, 0.15) is 33.1 Å². The molecule has 0 spiro atoms. The molecule has 0 fully saturated rings. The van der Waals surface area contributed by atoms with E-state index in [1.807, 2.05) is 42.5 Å². The molecule has 136 valence electrons. The van der Waals surface area contributed by atoms with Crippen LogP contribution in [0.4, 0.5) is 5.69 Å². The minimum atomic E-state index is -0.524. The summed E-state index contributed by atoms with van der Waals surface area (Å²) in [5, 5.41) is 14.9. The number of para-hydroxylation sites is 1. The lowest BCUT2D eigenvalue weighted by molar-refractivity contribution is -0.385. The van der Waals surface area contributed by atoms with Crippen LogP contribution in [0.5, 0.6) is 0 Å². The summed E-state index contributed by atoms with van der Waals surface area (Å²) in [5.74, 6) is -0.505. The molecule has 6 heteroatoms. The number of hydrogen-bond donors (Lipinski definition) is 1. The van der Waals surface area contributed by atoms with E-state index in [1.165, 1.54) is 6.07 Å². The van der Waals surface area contributed by atoms with Crippen molar-refractivity contribution in [1.82, 2.24) is 5.32 Å². The van der Waals surface area contributed by atoms with Gasteiger partial charge in [-0.1, -0.05) is 66.2 Å². The Kier molecular flexibility index (Phi) is 5.52. The molecule has 3 aromatic rings. The fraction of sp³-hybridized carbons (Fsp3) is 0.0952. The number of hydrogen-bond acceptors (Lipinski definition) is 3. The highest BCUT2D eigenvalue weighted by atomic mass is 35.5. The minimum absolute atomic E-state index is 0.0369. The largest absolute Gasteiger partial charge is 0.341 e. The number of nitrogens with zero attached hydrogens (tertiary/aromatic N) is 1. The average molecular weight is 381 g/mol. The van der Waals surface area contributed by atoms with Crippen molar-refractivity contribution < 1.29 is 9.72 Å². The van der Waals surface area contributed by atoms with Gasteiger partial charge in [-0.3, -0.25) is 14.9 Å². The lowest BCUT2D eigenvalue weighted by Crippen LogP contribution is -2.30. The zero-order chi connectivity index (χ0) is 19.4. The van der Waals surface area contributed by atoms with Gasteiger partial charge in [-0.2, -0.15) is 0 Å². The lowest BCUT2D eigenvalue weighted by Gasteiger charge is -2.20. The SMILES string of the molecule is Cc1cccc(C(=O)NC(c2ccccc2)c2ccc(Cl)cc2)c1[N+](=O)[O-]. The Morgan fingerprint density at radius 1 is 0.963 bits per heavy atom. The number of nitrogens with one attached hydrogen (secondary N) is 1. The molecule has 3 aromatic carbocycles. The summed E-state index contributed by atoms with van der Waals surface area (Å²) in [4.78, 5) is 23.8. The summed E-state index contributed by atoms with van der Waals surface area (Å²) in [5.41, 5.74) is 1.99. The molecule has 0 aliphatic rings. The van der Waals surface area contributed by atoms with Gasteiger partial charge in [-0.15, -0.1) is 0 Å². The molecule has 5 nitrogen and oxygen atoms in total. The molecule has 1 unspecified atom stereocenters. The molecular weight excluding hydrogens is 364 g/mol. The molecule has 1 atom stereocenters. The summed E-state index contributed by atoms with van der Waals surface area (Å²) < 4.78 is 0. The van der Waals surface area contributed by atoms with E-state index in [-0.39, 0.29) is 11.3 Å². The summed E-state index contributed by atoms with van der Waals surface area (Å²) in [6, 6.07) is 20.8. The van der Waals surface area contributed by atoms with Gasteiger partial charge in [0, 0.05) is 10.6 Å². The van der Waals surface area contributed by atoms with Crippen molar-refractivity contribution in [2.45, 2.75) is 13.0 Å². The van der Waals surface area contributed by atoms with Gasteiger partial charge in [-0.25, -0.2) is 0 Å². The summed E-state index contributed by atoms with van der Waals surface area (Å²) in [6.45, 7) is 1.61. The Hall–Kier alpha value is -3.18. The third kappa shape index (κ3) is 4.15. The van der Waals surface area contributed by atoms with Gasteiger partial charge >= 0.3 is 0 Å². The molecule has 0 aliphatic carbocycles. The number of halogens is 1. The van der Waals surface area contributed by atoms with Crippen LogP contribution in [0.2, 0.25) is 5.02 Å². The number of aryl methyl sites for hydroxylation is 1. The fourth-order valence-electron chi connectivity index (χ4n) is 2.95. The zero-order valence-electron chi connectivity index (χ0n) is 14.6. The summed E-state index contributed by atoms with van der Waals surface area (Å²) in [7, 11) is 0. The van der Waals surface area contributed by atoms with Crippen LogP contribution in [0.3, 0.4) is 0 Å². The maximum Gasteiger partial charge on any atom is 0.285 e. The van der Waals surface area contributed by atoms with Crippen molar-refractivity contribution in [3.05, 3.63) is 110 Å². The van der Waals surface area contributed by atoms with E-state index in [0.29, 0.717) is 10.6 Å². The molecule has 27 heavy (non-hydrogen) atoms. The predicted molar refractivity (Wildman–Crippen MR) is 105 cm³/mol. The Bertz CT molecular complexity index is 972. The number of carbonyl (C=O) groups excluding carboxylic acids is 1. The van der Waals surface area contributed by atoms with Gasteiger partial charge in [-0.05, 0) is 36.2 Å². The van der Waals surface area contributed by atoms with E-state index < -0.39 is 16.9 Å². The van der Waals surface area contributed by atoms with Gasteiger partial charge in [0.05, 0.1) is 11.0 Å². The Morgan fingerprint density at radius 3 is 2.22 bits per heavy atom. The van der Waals surface area contributed by atoms with E-state index in [4.69, 9.17) is 11.6 Å². The fourth-order valence-corrected chi connectivity index (χ4v) is 3.08. The normalized spacial score (nSPS) is 11.6. The average Bonchev–Trinajstić information content (AvgIpc) is 2.67. The summed E-state index contributed by atoms with van der Waals surface area (Å²) in [6.07, 6.45) is 0. The summed E-state index contributed by atoms with van der Waals surface area (Å²) >= 11 is 5.97. The highest BCUT2D eigenvalue weighted by Crippen LogP contribution is 2.27. The molecule has 3 rings (SSSR count). The molecule has 0 saturated heterocycles. The molecular formula is C21H17ClN2O3. The van der Waals surface area contributed by atoms with Gasteiger partial charge in [0.25, 0.3) is 11.6 Å². The quantitative estimate of drug-likeness (QED) is 0.495. The Morgan fingerprint density at radius 2 is 1.59 bits per heavy atom. The van der Waals surface area contributed by atoms with E-state index in [0.717, 1.165) is 11.1 Å². The minimum Gasteiger partial charge on any atom is -0.341 e. The predicted octanol–water partition coefficient (Wildman–Crippen LogP) is 5.08. The Labute approximate surface area is 161 Å². The monoisotopic (exact) mass is 380 g/mol. The topological polar surface area (TPSA) is 72.2 Å². The third-order valence-corrected chi connectivity index (χ3v) is 4.53. The smallest absolute Gasteiger partial charge is 0.285 e. The van der Waals surface area contributed by atoms with Crippen LogP contribution >= 0.6 is 11.6 Å². The van der Waals surface area contributed by atoms with Crippen molar-refractivity contribution in [1.29, 1.82) is 0 Å². The van der Waals surface area contributed by atoms with Gasteiger partial charge in [0.2, 0.25) is 0 Å². The number of benzene rings is 3. The second-order valence-corrected chi connectivity index (χ2v) is 6.53. The number of carbonyl (C=O) groups is 1. The standard InChI is InChI=1S/C21H17ClN2O3/c1-14-6-5-9-18(20(14)24(26)27)21(25)23-19(15-7-3-2-4-8-15)16-10-12-17(22)13-11-16/h2-13,19H,1H3,(H,23,25).